The van der Waals surface area contributed by atoms with Crippen LogP contribution in [0.5, 0.6) is 11.5 Å². The van der Waals surface area contributed by atoms with Gasteiger partial charge in [0, 0.05) is 19.7 Å². The molecule has 2 N–H and O–H groups in total. The Bertz CT molecular complexity index is 715. The van der Waals surface area contributed by atoms with Gasteiger partial charge in [0.05, 0.1) is 18.1 Å². The van der Waals surface area contributed by atoms with Gasteiger partial charge in [-0.05, 0) is 29.7 Å². The van der Waals surface area contributed by atoms with E-state index in [0.717, 1.165) is 23.3 Å². The van der Waals surface area contributed by atoms with Crippen LogP contribution in [0.3, 0.4) is 0 Å². The summed E-state index contributed by atoms with van der Waals surface area (Å²) in [6.45, 7) is 1.11. The first-order valence-corrected chi connectivity index (χ1v) is 7.89. The summed E-state index contributed by atoms with van der Waals surface area (Å²) in [5.41, 5.74) is 1.14. The molecule has 6 nitrogen and oxygen atoms in total. The molecule has 4 aliphatic rings. The molecule has 0 saturated carbocycles. The molecule has 1 saturated heterocycles. The zero-order valence-electron chi connectivity index (χ0n) is 12.9. The molecule has 4 atom stereocenters. The van der Waals surface area contributed by atoms with Crippen LogP contribution in [-0.2, 0) is 16.7 Å². The third kappa shape index (κ3) is 1.57. The Kier molecular flexibility index (Phi) is 2.56. The van der Waals surface area contributed by atoms with Gasteiger partial charge < -0.3 is 24.4 Å². The molecule has 122 valence electrons. The van der Waals surface area contributed by atoms with E-state index in [2.05, 4.69) is 4.90 Å². The Labute approximate surface area is 133 Å². The number of methoxy groups -OCH3 is 1. The molecule has 6 heteroatoms. The number of benzene rings is 1. The predicted molar refractivity (Wildman–Crippen MR) is 80.2 cm³/mol. The maximum absolute atomic E-state index is 10.9. The van der Waals surface area contributed by atoms with Gasteiger partial charge >= 0.3 is 0 Å². The summed E-state index contributed by atoms with van der Waals surface area (Å²) in [5.74, 6) is -0.406. The Hall–Kier alpha value is -1.60. The van der Waals surface area contributed by atoms with Gasteiger partial charge in [-0.2, -0.15) is 0 Å². The minimum absolute atomic E-state index is 0.0000792. The fraction of sp³-hybridized carbons (Fsp3) is 0.529. The van der Waals surface area contributed by atoms with Gasteiger partial charge in [-0.25, -0.2) is 0 Å². The topological polar surface area (TPSA) is 71.4 Å². The van der Waals surface area contributed by atoms with E-state index >= 15 is 0 Å². The first-order chi connectivity index (χ1) is 11.0. The standard InChI is InChI=1S/C17H19NO5/c1-21-11-2-3-16-12-6-14-13(22-9-23-14)4-10(12)7-18(15(16)5-11)8-17(16,19)20/h2-4,6,11,15,19-20H,5,7-9H2,1H3. The summed E-state index contributed by atoms with van der Waals surface area (Å²) >= 11 is 0. The highest BCUT2D eigenvalue weighted by Gasteiger charge is 2.66. The molecule has 1 aliphatic carbocycles. The lowest BCUT2D eigenvalue weighted by molar-refractivity contribution is -0.180. The highest BCUT2D eigenvalue weighted by Crippen LogP contribution is 2.56. The summed E-state index contributed by atoms with van der Waals surface area (Å²) in [6.07, 6.45) is 4.61. The Morgan fingerprint density at radius 2 is 2.04 bits per heavy atom. The van der Waals surface area contributed by atoms with E-state index in [1.54, 1.807) is 7.11 Å². The van der Waals surface area contributed by atoms with Gasteiger partial charge in [0.2, 0.25) is 6.79 Å². The van der Waals surface area contributed by atoms with Crippen LogP contribution in [0.2, 0.25) is 0 Å². The average molecular weight is 317 g/mol. The summed E-state index contributed by atoms with van der Waals surface area (Å²) in [7, 11) is 1.68. The van der Waals surface area contributed by atoms with Crippen molar-refractivity contribution in [3.63, 3.8) is 0 Å². The molecule has 4 unspecified atom stereocenters. The number of hydrogen-bond donors (Lipinski definition) is 2. The quantitative estimate of drug-likeness (QED) is 0.581. The summed E-state index contributed by atoms with van der Waals surface area (Å²) in [5, 5.41) is 21.7. The largest absolute Gasteiger partial charge is 0.454 e. The van der Waals surface area contributed by atoms with Gasteiger partial charge in [-0.1, -0.05) is 12.2 Å². The fourth-order valence-electron chi connectivity index (χ4n) is 4.76. The smallest absolute Gasteiger partial charge is 0.231 e. The Morgan fingerprint density at radius 3 is 2.83 bits per heavy atom. The molecule has 3 aliphatic heterocycles. The van der Waals surface area contributed by atoms with E-state index in [-0.39, 0.29) is 25.5 Å². The monoisotopic (exact) mass is 317 g/mol. The maximum atomic E-state index is 10.9. The lowest BCUT2D eigenvalue weighted by atomic mass is 9.64. The SMILES string of the molecule is COC1C=CC23c4cc5c(cc4CN(CC2(O)O)C3C1)OCO5. The minimum Gasteiger partial charge on any atom is -0.454 e. The second kappa shape index (κ2) is 4.27. The van der Waals surface area contributed by atoms with Crippen molar-refractivity contribution in [1.29, 1.82) is 0 Å². The van der Waals surface area contributed by atoms with E-state index in [1.165, 1.54) is 0 Å². The number of aliphatic hydroxyl groups is 2. The van der Waals surface area contributed by atoms with Crippen LogP contribution in [0, 0.1) is 0 Å². The third-order valence-electron chi connectivity index (χ3n) is 5.80. The molecule has 0 amide bonds. The first kappa shape index (κ1) is 13.8. The molecule has 0 radical (unpaired) electrons. The lowest BCUT2D eigenvalue weighted by Crippen LogP contribution is -2.57. The zero-order chi connectivity index (χ0) is 15.8. The number of ether oxygens (including phenoxy) is 3. The van der Waals surface area contributed by atoms with Crippen molar-refractivity contribution in [3.05, 3.63) is 35.4 Å². The van der Waals surface area contributed by atoms with E-state index in [4.69, 9.17) is 14.2 Å². The second-order valence-corrected chi connectivity index (χ2v) is 6.84. The van der Waals surface area contributed by atoms with Crippen LogP contribution in [0.1, 0.15) is 17.5 Å². The highest BCUT2D eigenvalue weighted by molar-refractivity contribution is 5.57. The third-order valence-corrected chi connectivity index (χ3v) is 5.80. The number of fused-ring (bicyclic) bond motifs is 2. The molecular weight excluding hydrogens is 298 g/mol. The number of nitrogens with zero attached hydrogens (tertiary/aromatic N) is 1. The summed E-state index contributed by atoms with van der Waals surface area (Å²) < 4.78 is 16.5. The summed E-state index contributed by atoms with van der Waals surface area (Å²) in [6, 6.07) is 3.90. The van der Waals surface area contributed by atoms with E-state index in [1.807, 2.05) is 24.3 Å². The van der Waals surface area contributed by atoms with Gasteiger partial charge in [0.1, 0.15) is 0 Å². The van der Waals surface area contributed by atoms with Crippen molar-refractivity contribution in [2.75, 3.05) is 20.4 Å². The van der Waals surface area contributed by atoms with Gasteiger partial charge in [0.15, 0.2) is 17.3 Å². The molecule has 0 spiro atoms. The molecule has 1 aromatic rings. The van der Waals surface area contributed by atoms with Crippen LogP contribution in [0.15, 0.2) is 24.3 Å². The Balaban J connectivity index is 1.75. The summed E-state index contributed by atoms with van der Waals surface area (Å²) in [4.78, 5) is 2.14. The molecule has 1 fully saturated rings. The highest BCUT2D eigenvalue weighted by atomic mass is 16.7. The van der Waals surface area contributed by atoms with Gasteiger partial charge in [-0.15, -0.1) is 0 Å². The van der Waals surface area contributed by atoms with Crippen LogP contribution in [-0.4, -0.2) is 53.5 Å². The van der Waals surface area contributed by atoms with Crippen LogP contribution >= 0.6 is 0 Å². The van der Waals surface area contributed by atoms with Gasteiger partial charge in [0.25, 0.3) is 0 Å². The lowest BCUT2D eigenvalue weighted by Gasteiger charge is -2.47. The molecule has 3 heterocycles. The molecular formula is C17H19NO5. The van der Waals surface area contributed by atoms with Crippen molar-refractivity contribution in [1.82, 2.24) is 4.90 Å². The average Bonchev–Trinajstić information content (AvgIpc) is 3.05. The van der Waals surface area contributed by atoms with E-state index in [0.29, 0.717) is 12.3 Å². The fourth-order valence-corrected chi connectivity index (χ4v) is 4.76. The maximum Gasteiger partial charge on any atom is 0.231 e. The predicted octanol–water partition coefficient (Wildman–Crippen LogP) is 0.507. The second-order valence-electron chi connectivity index (χ2n) is 6.84. The van der Waals surface area contributed by atoms with Gasteiger partial charge in [-0.3, -0.25) is 4.90 Å². The van der Waals surface area contributed by atoms with Crippen LogP contribution in [0.4, 0.5) is 0 Å². The van der Waals surface area contributed by atoms with E-state index < -0.39 is 11.2 Å². The van der Waals surface area contributed by atoms with Crippen molar-refractivity contribution in [3.8, 4) is 11.5 Å². The normalized spacial score (nSPS) is 38.3. The van der Waals surface area contributed by atoms with Crippen LogP contribution < -0.4 is 9.47 Å². The molecule has 5 rings (SSSR count). The number of hydrogen-bond acceptors (Lipinski definition) is 6. The van der Waals surface area contributed by atoms with E-state index in [9.17, 15) is 10.2 Å². The molecule has 1 aromatic carbocycles. The number of rotatable bonds is 1. The molecule has 2 bridgehead atoms. The van der Waals surface area contributed by atoms with Crippen molar-refractivity contribution in [2.45, 2.75) is 36.3 Å². The first-order valence-electron chi connectivity index (χ1n) is 7.89. The Morgan fingerprint density at radius 1 is 1.26 bits per heavy atom. The van der Waals surface area contributed by atoms with Crippen LogP contribution in [0.25, 0.3) is 0 Å². The van der Waals surface area contributed by atoms with Crippen molar-refractivity contribution < 1.29 is 24.4 Å². The molecule has 0 aromatic heterocycles. The van der Waals surface area contributed by atoms with Crippen molar-refractivity contribution >= 4 is 0 Å². The zero-order valence-corrected chi connectivity index (χ0v) is 12.9. The van der Waals surface area contributed by atoms with Crippen molar-refractivity contribution in [2.24, 2.45) is 0 Å². The molecule has 23 heavy (non-hydrogen) atoms. The minimum atomic E-state index is -1.81.